The molecule has 64 valence electrons. The monoisotopic (exact) mass is 189 g/mol. The number of nitrogens with one attached hydrogen (secondary N) is 1. The third-order valence-corrected chi connectivity index (χ3v) is 1.60. The Kier molecular flexibility index (Phi) is 2.09. The van der Waals surface area contributed by atoms with Crippen LogP contribution in [0.2, 0.25) is 5.15 Å². The van der Waals surface area contributed by atoms with Crippen LogP contribution in [0, 0.1) is 4.91 Å². The molecule has 6 nitrogen and oxygen atoms in total. The van der Waals surface area contributed by atoms with Crippen molar-refractivity contribution in [1.82, 2.24) is 9.55 Å². The van der Waals surface area contributed by atoms with E-state index in [9.17, 15) is 14.5 Å². The van der Waals surface area contributed by atoms with Gasteiger partial charge in [0.05, 0.1) is 0 Å². The fraction of sp³-hybridized carbons (Fsp3) is 0.200. The van der Waals surface area contributed by atoms with Crippen molar-refractivity contribution in [3.05, 3.63) is 30.9 Å². The van der Waals surface area contributed by atoms with Crippen molar-refractivity contribution in [3.8, 4) is 0 Å². The van der Waals surface area contributed by atoms with Crippen molar-refractivity contribution in [1.29, 1.82) is 0 Å². The predicted molar refractivity (Wildman–Crippen MR) is 42.8 cm³/mol. The lowest BCUT2D eigenvalue weighted by molar-refractivity contribution is 0.776. The molecule has 0 saturated heterocycles. The Morgan fingerprint density at radius 3 is 2.58 bits per heavy atom. The SMILES string of the molecule is Cn1c(=O)[nH]c(Cl)c(N=O)c1=O. The first kappa shape index (κ1) is 8.66. The second-order valence-corrected chi connectivity index (χ2v) is 2.43. The average Bonchev–Trinajstić information content (AvgIpc) is 2.01. The first-order valence-corrected chi connectivity index (χ1v) is 3.28. The number of aromatic nitrogens is 2. The van der Waals surface area contributed by atoms with Crippen molar-refractivity contribution in [3.63, 3.8) is 0 Å². The van der Waals surface area contributed by atoms with Crippen LogP contribution in [0.25, 0.3) is 0 Å². The Morgan fingerprint density at radius 1 is 1.50 bits per heavy atom. The lowest BCUT2D eigenvalue weighted by Gasteiger charge is -1.96. The Labute approximate surface area is 70.8 Å². The maximum absolute atomic E-state index is 11.0. The summed E-state index contributed by atoms with van der Waals surface area (Å²) in [7, 11) is 1.21. The van der Waals surface area contributed by atoms with Crippen LogP contribution in [0.15, 0.2) is 14.8 Å². The van der Waals surface area contributed by atoms with Crippen molar-refractivity contribution in [2.24, 2.45) is 12.2 Å². The summed E-state index contributed by atoms with van der Waals surface area (Å²) in [6.07, 6.45) is 0. The zero-order chi connectivity index (χ0) is 9.30. The minimum absolute atomic E-state index is 0.335. The molecule has 0 saturated carbocycles. The van der Waals surface area contributed by atoms with Gasteiger partial charge in [-0.2, -0.15) is 0 Å². The average molecular weight is 190 g/mol. The maximum atomic E-state index is 11.0. The molecule has 0 aliphatic heterocycles. The number of aromatic amines is 1. The zero-order valence-electron chi connectivity index (χ0n) is 6.00. The minimum Gasteiger partial charge on any atom is -0.296 e. The maximum Gasteiger partial charge on any atom is 0.329 e. The first-order chi connectivity index (χ1) is 5.57. The summed E-state index contributed by atoms with van der Waals surface area (Å²) >= 11 is 5.34. The number of H-pyrrole nitrogens is 1. The molecule has 1 N–H and O–H groups in total. The van der Waals surface area contributed by atoms with E-state index in [1.54, 1.807) is 0 Å². The summed E-state index contributed by atoms with van der Waals surface area (Å²) in [4.78, 5) is 33.9. The molecule has 1 aromatic heterocycles. The Bertz CT molecular complexity index is 433. The van der Waals surface area contributed by atoms with Crippen LogP contribution in [0.1, 0.15) is 0 Å². The Balaban J connectivity index is 3.75. The van der Waals surface area contributed by atoms with Crippen LogP contribution in [-0.2, 0) is 7.05 Å². The molecule has 0 amide bonds. The van der Waals surface area contributed by atoms with E-state index in [2.05, 4.69) is 10.2 Å². The van der Waals surface area contributed by atoms with Gasteiger partial charge in [0.2, 0.25) is 5.69 Å². The van der Waals surface area contributed by atoms with Crippen molar-refractivity contribution < 1.29 is 0 Å². The highest BCUT2D eigenvalue weighted by atomic mass is 35.5. The smallest absolute Gasteiger partial charge is 0.296 e. The van der Waals surface area contributed by atoms with Gasteiger partial charge in [-0.1, -0.05) is 11.6 Å². The number of rotatable bonds is 1. The molecule has 12 heavy (non-hydrogen) atoms. The molecule has 0 bridgehead atoms. The van der Waals surface area contributed by atoms with E-state index < -0.39 is 16.9 Å². The van der Waals surface area contributed by atoms with Gasteiger partial charge in [0.15, 0.2) is 0 Å². The molecule has 0 aliphatic carbocycles. The summed E-state index contributed by atoms with van der Waals surface area (Å²) < 4.78 is 0.711. The fourth-order valence-electron chi connectivity index (χ4n) is 0.661. The van der Waals surface area contributed by atoms with Gasteiger partial charge in [-0.05, 0) is 5.18 Å². The fourth-order valence-corrected chi connectivity index (χ4v) is 0.857. The Morgan fingerprint density at radius 2 is 2.08 bits per heavy atom. The molecule has 1 aromatic rings. The van der Waals surface area contributed by atoms with E-state index in [-0.39, 0.29) is 5.15 Å². The van der Waals surface area contributed by atoms with Gasteiger partial charge in [0.25, 0.3) is 5.56 Å². The van der Waals surface area contributed by atoms with Crippen molar-refractivity contribution in [2.45, 2.75) is 0 Å². The standard InChI is InChI=1S/C5H4ClN3O3/c1-9-4(10)2(8-12)3(6)7-5(9)11/h1H3,(H,7,11). The van der Waals surface area contributed by atoms with E-state index in [4.69, 9.17) is 11.6 Å². The van der Waals surface area contributed by atoms with E-state index in [1.807, 2.05) is 0 Å². The molecule has 0 radical (unpaired) electrons. The van der Waals surface area contributed by atoms with Crippen LogP contribution in [0.3, 0.4) is 0 Å². The van der Waals surface area contributed by atoms with Crippen LogP contribution < -0.4 is 11.2 Å². The van der Waals surface area contributed by atoms with Crippen molar-refractivity contribution >= 4 is 17.3 Å². The van der Waals surface area contributed by atoms with Gasteiger partial charge in [-0.25, -0.2) is 4.79 Å². The molecule has 0 atom stereocenters. The first-order valence-electron chi connectivity index (χ1n) is 2.90. The molecular formula is C5H4ClN3O3. The molecule has 0 aliphatic rings. The van der Waals surface area contributed by atoms with Crippen LogP contribution >= 0.6 is 11.6 Å². The molecule has 0 fully saturated rings. The van der Waals surface area contributed by atoms with Crippen molar-refractivity contribution in [2.75, 3.05) is 0 Å². The van der Waals surface area contributed by atoms with Gasteiger partial charge in [0, 0.05) is 7.05 Å². The topological polar surface area (TPSA) is 84.3 Å². The molecule has 1 rings (SSSR count). The van der Waals surface area contributed by atoms with E-state index in [0.29, 0.717) is 4.57 Å². The van der Waals surface area contributed by atoms with Crippen LogP contribution in [-0.4, -0.2) is 9.55 Å². The van der Waals surface area contributed by atoms with E-state index in [0.717, 1.165) is 0 Å². The van der Waals surface area contributed by atoms with Gasteiger partial charge in [-0.15, -0.1) is 4.91 Å². The predicted octanol–water partition coefficient (Wildman–Crippen LogP) is 0.125. The molecule has 0 spiro atoms. The number of nitroso groups, excluding NO2 is 1. The van der Waals surface area contributed by atoms with Gasteiger partial charge >= 0.3 is 5.69 Å². The second-order valence-electron chi connectivity index (χ2n) is 2.05. The normalized spacial score (nSPS) is 9.83. The van der Waals surface area contributed by atoms with Gasteiger partial charge < -0.3 is 0 Å². The van der Waals surface area contributed by atoms with Gasteiger partial charge in [-0.3, -0.25) is 14.3 Å². The molecule has 1 heterocycles. The van der Waals surface area contributed by atoms with Crippen LogP contribution in [0.5, 0.6) is 0 Å². The number of hydrogen-bond donors (Lipinski definition) is 1. The summed E-state index contributed by atoms with van der Waals surface area (Å²) in [5.41, 5.74) is -1.98. The molecule has 7 heteroatoms. The summed E-state index contributed by atoms with van der Waals surface area (Å²) in [5.74, 6) is 0. The third-order valence-electron chi connectivity index (χ3n) is 1.33. The lowest BCUT2D eigenvalue weighted by Crippen LogP contribution is -2.32. The quantitative estimate of drug-likeness (QED) is 0.503. The largest absolute Gasteiger partial charge is 0.329 e. The van der Waals surface area contributed by atoms with Gasteiger partial charge in [0.1, 0.15) is 5.15 Å². The molecular weight excluding hydrogens is 186 g/mol. The van der Waals surface area contributed by atoms with Crippen LogP contribution in [0.4, 0.5) is 5.69 Å². The molecule has 0 aromatic carbocycles. The third kappa shape index (κ3) is 1.16. The summed E-state index contributed by atoms with van der Waals surface area (Å²) in [6, 6.07) is 0. The Hall–Kier alpha value is -1.43. The highest BCUT2D eigenvalue weighted by Gasteiger charge is 2.09. The number of halogens is 1. The minimum atomic E-state index is -0.807. The zero-order valence-corrected chi connectivity index (χ0v) is 6.75. The molecule has 0 unspecified atom stereocenters. The number of hydrogen-bond acceptors (Lipinski definition) is 4. The van der Waals surface area contributed by atoms with E-state index in [1.165, 1.54) is 7.05 Å². The highest BCUT2D eigenvalue weighted by molar-refractivity contribution is 6.31. The number of nitrogens with zero attached hydrogens (tertiary/aromatic N) is 2. The lowest BCUT2D eigenvalue weighted by atomic mass is 10.5. The van der Waals surface area contributed by atoms with E-state index >= 15 is 0 Å². The summed E-state index contributed by atoms with van der Waals surface area (Å²) in [5, 5.41) is 2.05. The second kappa shape index (κ2) is 2.90. The summed E-state index contributed by atoms with van der Waals surface area (Å²) in [6.45, 7) is 0. The highest BCUT2D eigenvalue weighted by Crippen LogP contribution is 2.13.